The molecule has 1 fully saturated rings. The molecule has 28 heavy (non-hydrogen) atoms. The van der Waals surface area contributed by atoms with Crippen molar-refractivity contribution in [1.82, 2.24) is 20.0 Å². The van der Waals surface area contributed by atoms with Crippen LogP contribution >= 0.6 is 0 Å². The van der Waals surface area contributed by atoms with Gasteiger partial charge in [-0.25, -0.2) is 4.99 Å². The predicted molar refractivity (Wildman–Crippen MR) is 99.7 cm³/mol. The Labute approximate surface area is 162 Å². The number of aromatic nitrogens is 2. The highest BCUT2D eigenvalue weighted by Gasteiger charge is 2.30. The average molecular weight is 395 g/mol. The van der Waals surface area contributed by atoms with Crippen LogP contribution in [0.25, 0.3) is 0 Å². The van der Waals surface area contributed by atoms with E-state index in [1.165, 1.54) is 6.07 Å². The largest absolute Gasteiger partial charge is 0.416 e. The molecule has 3 rings (SSSR count). The lowest BCUT2D eigenvalue weighted by molar-refractivity contribution is -0.137. The first-order valence-electron chi connectivity index (χ1n) is 9.16. The van der Waals surface area contributed by atoms with Crippen molar-refractivity contribution in [2.24, 2.45) is 12.0 Å². The van der Waals surface area contributed by atoms with E-state index in [0.717, 1.165) is 17.7 Å². The van der Waals surface area contributed by atoms with E-state index in [0.29, 0.717) is 37.8 Å². The topological polar surface area (TPSA) is 54.7 Å². The van der Waals surface area contributed by atoms with Crippen LogP contribution in [-0.4, -0.2) is 46.9 Å². The van der Waals surface area contributed by atoms with Gasteiger partial charge in [0.15, 0.2) is 5.96 Å². The van der Waals surface area contributed by atoms with E-state index in [1.807, 2.05) is 20.2 Å². The number of nitrogens with zero attached hydrogens (tertiary/aromatic N) is 4. The molecule has 152 valence electrons. The minimum absolute atomic E-state index is 0.125. The van der Waals surface area contributed by atoms with Gasteiger partial charge in [0.1, 0.15) is 6.10 Å². The quantitative estimate of drug-likeness (QED) is 0.639. The van der Waals surface area contributed by atoms with Gasteiger partial charge in [-0.2, -0.15) is 18.3 Å². The molecule has 1 saturated heterocycles. The number of alkyl halides is 3. The lowest BCUT2D eigenvalue weighted by atomic mass is 10.1. The van der Waals surface area contributed by atoms with Gasteiger partial charge in [0.05, 0.1) is 31.5 Å². The van der Waals surface area contributed by atoms with E-state index in [4.69, 9.17) is 4.74 Å². The summed E-state index contributed by atoms with van der Waals surface area (Å²) in [5, 5.41) is 7.40. The second-order valence-corrected chi connectivity index (χ2v) is 6.62. The van der Waals surface area contributed by atoms with Crippen molar-refractivity contribution in [1.29, 1.82) is 0 Å². The SMILES string of the molecule is CCNC(=NCc1cccc(C(F)(F)F)c1)N1CCOC(c2cnn(C)c2)C1. The first-order chi connectivity index (χ1) is 13.4. The van der Waals surface area contributed by atoms with Crippen LogP contribution in [0.4, 0.5) is 13.2 Å². The van der Waals surface area contributed by atoms with E-state index < -0.39 is 11.7 Å². The van der Waals surface area contributed by atoms with Gasteiger partial charge in [0.25, 0.3) is 0 Å². The molecule has 1 aliphatic heterocycles. The zero-order chi connectivity index (χ0) is 20.1. The molecule has 0 saturated carbocycles. The number of aryl methyl sites for hydroxylation is 1. The van der Waals surface area contributed by atoms with E-state index in [-0.39, 0.29) is 12.6 Å². The molecular weight excluding hydrogens is 371 g/mol. The Kier molecular flexibility index (Phi) is 6.23. The van der Waals surface area contributed by atoms with Crippen LogP contribution in [0.3, 0.4) is 0 Å². The van der Waals surface area contributed by atoms with Crippen LogP contribution < -0.4 is 5.32 Å². The van der Waals surface area contributed by atoms with Crippen molar-refractivity contribution in [3.8, 4) is 0 Å². The van der Waals surface area contributed by atoms with E-state index in [9.17, 15) is 13.2 Å². The van der Waals surface area contributed by atoms with Gasteiger partial charge in [-0.15, -0.1) is 0 Å². The zero-order valence-corrected chi connectivity index (χ0v) is 15.9. The standard InChI is InChI=1S/C19H24F3N5O/c1-3-23-18(24-10-14-5-4-6-16(9-14)19(20,21)22)27-7-8-28-17(13-27)15-11-25-26(2)12-15/h4-6,9,11-12,17H,3,7-8,10,13H2,1-2H3,(H,23,24). The van der Waals surface area contributed by atoms with Crippen molar-refractivity contribution in [2.75, 3.05) is 26.2 Å². The molecule has 2 heterocycles. The van der Waals surface area contributed by atoms with E-state index in [2.05, 4.69) is 20.3 Å². The number of halogens is 3. The smallest absolute Gasteiger partial charge is 0.370 e. The minimum Gasteiger partial charge on any atom is -0.370 e. The number of rotatable bonds is 4. The highest BCUT2D eigenvalue weighted by molar-refractivity contribution is 5.80. The number of ether oxygens (including phenoxy) is 1. The number of hydrogen-bond donors (Lipinski definition) is 1. The maximum absolute atomic E-state index is 12.9. The molecule has 6 nitrogen and oxygen atoms in total. The molecule has 0 bridgehead atoms. The normalized spacial score (nSPS) is 18.4. The Hall–Kier alpha value is -2.55. The van der Waals surface area contributed by atoms with Gasteiger partial charge in [-0.3, -0.25) is 4.68 Å². The van der Waals surface area contributed by atoms with Crippen LogP contribution in [0, 0.1) is 0 Å². The summed E-state index contributed by atoms with van der Waals surface area (Å²) in [4.78, 5) is 6.62. The summed E-state index contributed by atoms with van der Waals surface area (Å²) in [5.74, 6) is 0.664. The number of nitrogens with one attached hydrogen (secondary N) is 1. The molecule has 0 aliphatic carbocycles. The fourth-order valence-corrected chi connectivity index (χ4v) is 3.09. The average Bonchev–Trinajstić information content (AvgIpc) is 3.11. The van der Waals surface area contributed by atoms with Gasteiger partial charge < -0.3 is 15.0 Å². The molecule has 1 N–H and O–H groups in total. The number of hydrogen-bond acceptors (Lipinski definition) is 3. The monoisotopic (exact) mass is 395 g/mol. The molecular formula is C19H24F3N5O. The Morgan fingerprint density at radius 3 is 2.89 bits per heavy atom. The number of morpholine rings is 1. The lowest BCUT2D eigenvalue weighted by Crippen LogP contribution is -2.48. The van der Waals surface area contributed by atoms with Crippen LogP contribution in [0.15, 0.2) is 41.7 Å². The fraction of sp³-hybridized carbons (Fsp3) is 0.474. The highest BCUT2D eigenvalue weighted by Crippen LogP contribution is 2.29. The number of guanidine groups is 1. The maximum Gasteiger partial charge on any atom is 0.416 e. The minimum atomic E-state index is -4.36. The number of benzene rings is 1. The highest BCUT2D eigenvalue weighted by atomic mass is 19.4. The Morgan fingerprint density at radius 1 is 1.39 bits per heavy atom. The lowest BCUT2D eigenvalue weighted by Gasteiger charge is -2.34. The van der Waals surface area contributed by atoms with Gasteiger partial charge in [-0.1, -0.05) is 12.1 Å². The van der Waals surface area contributed by atoms with Crippen molar-refractivity contribution < 1.29 is 17.9 Å². The molecule has 0 amide bonds. The second kappa shape index (κ2) is 8.64. The fourth-order valence-electron chi connectivity index (χ4n) is 3.09. The van der Waals surface area contributed by atoms with Gasteiger partial charge in [0.2, 0.25) is 0 Å². The summed E-state index contributed by atoms with van der Waals surface area (Å²) < 4.78 is 46.3. The summed E-state index contributed by atoms with van der Waals surface area (Å²) in [6, 6.07) is 5.28. The third-order valence-electron chi connectivity index (χ3n) is 4.46. The molecule has 1 unspecified atom stereocenters. The first kappa shape index (κ1) is 20.2. The van der Waals surface area contributed by atoms with Crippen LogP contribution in [0.1, 0.15) is 29.7 Å². The zero-order valence-electron chi connectivity index (χ0n) is 15.9. The summed E-state index contributed by atoms with van der Waals surface area (Å²) in [5.41, 5.74) is 0.844. The summed E-state index contributed by atoms with van der Waals surface area (Å²) in [6.45, 7) is 4.58. The third-order valence-corrected chi connectivity index (χ3v) is 4.46. The second-order valence-electron chi connectivity index (χ2n) is 6.62. The van der Waals surface area contributed by atoms with Gasteiger partial charge in [-0.05, 0) is 24.6 Å². The molecule has 0 spiro atoms. The van der Waals surface area contributed by atoms with Crippen LogP contribution in [-0.2, 0) is 24.5 Å². The van der Waals surface area contributed by atoms with Gasteiger partial charge >= 0.3 is 6.18 Å². The molecule has 1 aromatic heterocycles. The molecule has 1 aliphatic rings. The Morgan fingerprint density at radius 2 is 2.21 bits per heavy atom. The molecule has 9 heteroatoms. The summed E-state index contributed by atoms with van der Waals surface area (Å²) >= 11 is 0. The third kappa shape index (κ3) is 5.03. The van der Waals surface area contributed by atoms with Crippen molar-refractivity contribution in [2.45, 2.75) is 25.7 Å². The predicted octanol–water partition coefficient (Wildman–Crippen LogP) is 2.98. The summed E-state index contributed by atoms with van der Waals surface area (Å²) in [6.07, 6.45) is -0.785. The van der Waals surface area contributed by atoms with Crippen LogP contribution in [0.2, 0.25) is 0 Å². The van der Waals surface area contributed by atoms with E-state index >= 15 is 0 Å². The maximum atomic E-state index is 12.9. The van der Waals surface area contributed by atoms with Crippen molar-refractivity contribution in [3.05, 3.63) is 53.3 Å². The Bertz CT molecular complexity index is 818. The summed E-state index contributed by atoms with van der Waals surface area (Å²) in [7, 11) is 1.85. The molecule has 0 radical (unpaired) electrons. The van der Waals surface area contributed by atoms with Gasteiger partial charge in [0, 0.05) is 31.9 Å². The first-order valence-corrected chi connectivity index (χ1v) is 9.16. The molecule has 1 atom stereocenters. The van der Waals surface area contributed by atoms with Crippen LogP contribution in [0.5, 0.6) is 0 Å². The van der Waals surface area contributed by atoms with Crippen molar-refractivity contribution in [3.63, 3.8) is 0 Å². The molecule has 2 aromatic rings. The van der Waals surface area contributed by atoms with E-state index in [1.54, 1.807) is 16.9 Å². The number of aliphatic imine (C=N–C) groups is 1. The Balaban J connectivity index is 1.73. The molecule has 1 aromatic carbocycles. The van der Waals surface area contributed by atoms with Crippen molar-refractivity contribution >= 4 is 5.96 Å².